The van der Waals surface area contributed by atoms with E-state index in [9.17, 15) is 24.6 Å². The van der Waals surface area contributed by atoms with Crippen LogP contribution in [0.15, 0.2) is 11.5 Å². The molecule has 0 unspecified atom stereocenters. The first-order chi connectivity index (χ1) is 20.4. The van der Waals surface area contributed by atoms with Crippen LogP contribution in [0.3, 0.4) is 0 Å². The third-order valence-electron chi connectivity index (χ3n) is 7.87. The highest BCUT2D eigenvalue weighted by molar-refractivity contribution is 5.92. The Labute approximate surface area is 255 Å². The van der Waals surface area contributed by atoms with Crippen LogP contribution in [0.25, 0.3) is 0 Å². The van der Waals surface area contributed by atoms with Crippen molar-refractivity contribution in [1.82, 2.24) is 0 Å². The van der Waals surface area contributed by atoms with Crippen LogP contribution in [0.1, 0.15) is 168 Å². The fraction of sp³-hybridized carbons (Fsp3) is 0.853. The standard InChI is InChI=1S/C34H60O8/c1-3-5-7-9-11-13-15-17-19-21-23-25-29(36)40-27-28(35)32-31(38)33(34(39)42-32)41-30(37)26-24-22-20-18-16-14-12-10-8-6-4-2/h28,32,35,38H,3-27H2,1-2H3/t28-,32+/m0/s1. The third-order valence-corrected chi connectivity index (χ3v) is 7.87. The molecule has 0 spiro atoms. The zero-order valence-electron chi connectivity index (χ0n) is 26.7. The molecular weight excluding hydrogens is 536 g/mol. The van der Waals surface area contributed by atoms with E-state index in [4.69, 9.17) is 14.2 Å². The molecule has 8 nitrogen and oxygen atoms in total. The van der Waals surface area contributed by atoms with Crippen molar-refractivity contribution in [3.63, 3.8) is 0 Å². The number of unbranched alkanes of at least 4 members (excludes halogenated alkanes) is 20. The number of aliphatic hydroxyl groups excluding tert-OH is 2. The topological polar surface area (TPSA) is 119 Å². The van der Waals surface area contributed by atoms with Crippen molar-refractivity contribution in [2.24, 2.45) is 0 Å². The van der Waals surface area contributed by atoms with Crippen LogP contribution in [0.4, 0.5) is 0 Å². The van der Waals surface area contributed by atoms with Crippen molar-refractivity contribution in [1.29, 1.82) is 0 Å². The molecule has 0 saturated carbocycles. The quantitative estimate of drug-likeness (QED) is 0.0524. The van der Waals surface area contributed by atoms with Gasteiger partial charge < -0.3 is 24.4 Å². The fourth-order valence-electron chi connectivity index (χ4n) is 5.18. The van der Waals surface area contributed by atoms with Gasteiger partial charge in [-0.15, -0.1) is 0 Å². The average Bonchev–Trinajstić information content (AvgIpc) is 3.25. The van der Waals surface area contributed by atoms with Crippen LogP contribution in [-0.2, 0) is 28.6 Å². The molecular formula is C34H60O8. The number of carbonyl (C=O) groups is 3. The molecule has 1 heterocycles. The second kappa shape index (κ2) is 25.4. The smallest absolute Gasteiger partial charge is 0.378 e. The van der Waals surface area contributed by atoms with Crippen LogP contribution >= 0.6 is 0 Å². The van der Waals surface area contributed by atoms with Crippen molar-refractivity contribution in [3.05, 3.63) is 11.5 Å². The monoisotopic (exact) mass is 596 g/mol. The second-order valence-electron chi connectivity index (χ2n) is 11.8. The fourth-order valence-corrected chi connectivity index (χ4v) is 5.18. The summed E-state index contributed by atoms with van der Waals surface area (Å²) in [5.41, 5.74) is 0. The molecule has 0 aromatic heterocycles. The van der Waals surface area contributed by atoms with Gasteiger partial charge in [0.1, 0.15) is 12.7 Å². The minimum Gasteiger partial charge on any atom is -0.505 e. The van der Waals surface area contributed by atoms with E-state index in [1.54, 1.807) is 0 Å². The summed E-state index contributed by atoms with van der Waals surface area (Å²) < 4.78 is 15.1. The first kappa shape index (κ1) is 37.9. The number of hydrogen-bond donors (Lipinski definition) is 2. The van der Waals surface area contributed by atoms with Gasteiger partial charge in [-0.1, -0.05) is 142 Å². The first-order valence-corrected chi connectivity index (χ1v) is 17.1. The highest BCUT2D eigenvalue weighted by atomic mass is 16.6. The zero-order valence-corrected chi connectivity index (χ0v) is 26.7. The Morgan fingerprint density at radius 1 is 0.667 bits per heavy atom. The Morgan fingerprint density at radius 3 is 1.48 bits per heavy atom. The number of aliphatic hydroxyl groups is 2. The minimum absolute atomic E-state index is 0.130. The van der Waals surface area contributed by atoms with E-state index in [2.05, 4.69) is 13.8 Å². The van der Waals surface area contributed by atoms with Gasteiger partial charge in [0.25, 0.3) is 5.76 Å². The maximum atomic E-state index is 12.2. The molecule has 2 atom stereocenters. The van der Waals surface area contributed by atoms with Crippen molar-refractivity contribution in [3.8, 4) is 0 Å². The van der Waals surface area contributed by atoms with Gasteiger partial charge in [-0.3, -0.25) is 9.59 Å². The molecule has 1 aliphatic rings. The van der Waals surface area contributed by atoms with E-state index in [-0.39, 0.29) is 12.8 Å². The molecule has 0 aromatic carbocycles. The van der Waals surface area contributed by atoms with Crippen LogP contribution in [0.2, 0.25) is 0 Å². The predicted octanol–water partition coefficient (Wildman–Crippen LogP) is 8.53. The summed E-state index contributed by atoms with van der Waals surface area (Å²) in [7, 11) is 0. The van der Waals surface area contributed by atoms with Gasteiger partial charge in [-0.2, -0.15) is 0 Å². The van der Waals surface area contributed by atoms with Gasteiger partial charge in [0.05, 0.1) is 0 Å². The van der Waals surface area contributed by atoms with E-state index in [0.717, 1.165) is 32.1 Å². The molecule has 0 bridgehead atoms. The summed E-state index contributed by atoms with van der Waals surface area (Å²) in [6, 6.07) is 0. The van der Waals surface area contributed by atoms with Gasteiger partial charge in [0, 0.05) is 12.8 Å². The molecule has 1 aliphatic heterocycles. The second-order valence-corrected chi connectivity index (χ2v) is 11.8. The molecule has 8 heteroatoms. The zero-order chi connectivity index (χ0) is 30.8. The SMILES string of the molecule is CCCCCCCCCCCCCC(=O)OC[C@H](O)[C@H]1OC(=O)C(OC(=O)CCCCCCCCCCCCC)=C1O. The Kier molecular flexibility index (Phi) is 23.0. The minimum atomic E-state index is -1.46. The van der Waals surface area contributed by atoms with E-state index in [0.29, 0.717) is 12.8 Å². The number of carbonyl (C=O) groups excluding carboxylic acids is 3. The lowest BCUT2D eigenvalue weighted by Gasteiger charge is -2.17. The highest BCUT2D eigenvalue weighted by Crippen LogP contribution is 2.25. The number of rotatable bonds is 28. The van der Waals surface area contributed by atoms with Crippen molar-refractivity contribution in [2.75, 3.05) is 6.61 Å². The van der Waals surface area contributed by atoms with E-state index in [1.807, 2.05) is 0 Å². The summed E-state index contributed by atoms with van der Waals surface area (Å²) in [5, 5.41) is 20.7. The maximum Gasteiger partial charge on any atom is 0.378 e. The average molecular weight is 597 g/mol. The molecule has 244 valence electrons. The van der Waals surface area contributed by atoms with Crippen LogP contribution in [0, 0.1) is 0 Å². The van der Waals surface area contributed by atoms with Crippen LogP contribution < -0.4 is 0 Å². The van der Waals surface area contributed by atoms with E-state index in [1.165, 1.54) is 96.3 Å². The van der Waals surface area contributed by atoms with Crippen molar-refractivity contribution >= 4 is 17.9 Å². The predicted molar refractivity (Wildman–Crippen MR) is 165 cm³/mol. The summed E-state index contributed by atoms with van der Waals surface area (Å²) in [6.45, 7) is 4.01. The molecule has 0 radical (unpaired) electrons. The van der Waals surface area contributed by atoms with Crippen LogP contribution in [0.5, 0.6) is 0 Å². The van der Waals surface area contributed by atoms with Gasteiger partial charge in [0.2, 0.25) is 0 Å². The lowest BCUT2D eigenvalue weighted by molar-refractivity contribution is -0.157. The Morgan fingerprint density at radius 2 is 1.05 bits per heavy atom. The van der Waals surface area contributed by atoms with Crippen molar-refractivity contribution in [2.45, 2.75) is 180 Å². The molecule has 0 aliphatic carbocycles. The molecule has 0 saturated heterocycles. The largest absolute Gasteiger partial charge is 0.505 e. The lowest BCUT2D eigenvalue weighted by Crippen LogP contribution is -2.33. The molecule has 42 heavy (non-hydrogen) atoms. The molecule has 0 amide bonds. The normalized spacial score (nSPS) is 15.6. The highest BCUT2D eigenvalue weighted by Gasteiger charge is 2.42. The Balaban J connectivity index is 2.15. The van der Waals surface area contributed by atoms with E-state index >= 15 is 0 Å². The van der Waals surface area contributed by atoms with Gasteiger partial charge in [0.15, 0.2) is 11.9 Å². The van der Waals surface area contributed by atoms with Gasteiger partial charge in [-0.05, 0) is 12.8 Å². The number of cyclic esters (lactones) is 1. The Bertz CT molecular complexity index is 763. The van der Waals surface area contributed by atoms with Gasteiger partial charge >= 0.3 is 17.9 Å². The van der Waals surface area contributed by atoms with E-state index < -0.39 is 48.2 Å². The Hall–Kier alpha value is -2.09. The summed E-state index contributed by atoms with van der Waals surface area (Å²) in [5.74, 6) is -3.34. The molecule has 0 aromatic rings. The summed E-state index contributed by atoms with van der Waals surface area (Å²) in [4.78, 5) is 36.3. The van der Waals surface area contributed by atoms with Crippen LogP contribution in [-0.4, -0.2) is 46.9 Å². The molecule has 0 fully saturated rings. The van der Waals surface area contributed by atoms with Crippen molar-refractivity contribution < 1.29 is 38.8 Å². The molecule has 2 N–H and O–H groups in total. The number of hydrogen-bond acceptors (Lipinski definition) is 8. The number of ether oxygens (including phenoxy) is 3. The maximum absolute atomic E-state index is 12.2. The number of esters is 3. The van der Waals surface area contributed by atoms with Gasteiger partial charge in [-0.25, -0.2) is 4.79 Å². The molecule has 1 rings (SSSR count). The first-order valence-electron chi connectivity index (χ1n) is 17.1. The summed E-state index contributed by atoms with van der Waals surface area (Å²) in [6.07, 6.45) is 23.2. The summed E-state index contributed by atoms with van der Waals surface area (Å²) >= 11 is 0. The third kappa shape index (κ3) is 18.4. The lowest BCUT2D eigenvalue weighted by atomic mass is 10.1.